The molecule has 0 atom stereocenters. The van der Waals surface area contributed by atoms with Crippen LogP contribution in [0.2, 0.25) is 5.15 Å². The van der Waals surface area contributed by atoms with Gasteiger partial charge < -0.3 is 10.7 Å². The van der Waals surface area contributed by atoms with Crippen LogP contribution in [0.4, 0.5) is 5.95 Å². The van der Waals surface area contributed by atoms with E-state index in [1.54, 1.807) is 0 Å². The van der Waals surface area contributed by atoms with Crippen molar-refractivity contribution in [2.24, 2.45) is 0 Å². The third-order valence-electron chi connectivity index (χ3n) is 3.57. The van der Waals surface area contributed by atoms with Gasteiger partial charge in [-0.3, -0.25) is 4.57 Å². The average Bonchev–Trinajstić information content (AvgIpc) is 2.70. The number of aryl methyl sites for hydroxylation is 2. The number of benzene rings is 1. The zero-order valence-corrected chi connectivity index (χ0v) is 14.3. The lowest BCUT2D eigenvalue weighted by atomic mass is 10.0. The summed E-state index contributed by atoms with van der Waals surface area (Å²) in [5.74, 6) is 0.0366. The molecule has 2 heterocycles. The van der Waals surface area contributed by atoms with Crippen molar-refractivity contribution in [1.82, 2.24) is 19.5 Å². The highest BCUT2D eigenvalue weighted by molar-refractivity contribution is 9.10. The summed E-state index contributed by atoms with van der Waals surface area (Å²) in [7, 11) is 0. The molecule has 22 heavy (non-hydrogen) atoms. The molecule has 0 aliphatic carbocycles. The number of anilines is 1. The largest absolute Gasteiger partial charge is 0.368 e. The number of nitrogens with one attached hydrogen (secondary N) is 1. The second kappa shape index (κ2) is 5.40. The molecule has 0 aliphatic heterocycles. The van der Waals surface area contributed by atoms with Crippen molar-refractivity contribution in [1.29, 1.82) is 0 Å². The Morgan fingerprint density at radius 2 is 1.95 bits per heavy atom. The molecule has 0 fully saturated rings. The Labute approximate surface area is 139 Å². The van der Waals surface area contributed by atoms with E-state index in [0.717, 1.165) is 21.2 Å². The summed E-state index contributed by atoms with van der Waals surface area (Å²) in [6.07, 6.45) is 0. The fourth-order valence-corrected chi connectivity index (χ4v) is 3.41. The van der Waals surface area contributed by atoms with E-state index < -0.39 is 0 Å². The van der Waals surface area contributed by atoms with E-state index in [9.17, 15) is 4.79 Å². The van der Waals surface area contributed by atoms with Crippen LogP contribution in [0.25, 0.3) is 11.2 Å². The van der Waals surface area contributed by atoms with Crippen LogP contribution in [-0.2, 0) is 6.54 Å². The first kappa shape index (κ1) is 15.1. The number of imidazole rings is 1. The Bertz CT molecular complexity index is 923. The number of nitrogen functional groups attached to an aromatic ring is 1. The summed E-state index contributed by atoms with van der Waals surface area (Å²) in [4.78, 5) is 22.9. The smallest absolute Gasteiger partial charge is 0.328 e. The predicted molar refractivity (Wildman–Crippen MR) is 90.3 cm³/mol. The Kier molecular flexibility index (Phi) is 3.70. The first-order valence-electron chi connectivity index (χ1n) is 6.54. The van der Waals surface area contributed by atoms with Gasteiger partial charge in [-0.25, -0.2) is 4.79 Å². The minimum atomic E-state index is -0.293. The maximum atomic E-state index is 12.2. The van der Waals surface area contributed by atoms with Gasteiger partial charge in [-0.2, -0.15) is 9.97 Å². The van der Waals surface area contributed by atoms with E-state index in [-0.39, 0.29) is 16.8 Å². The van der Waals surface area contributed by atoms with Crippen LogP contribution in [0.3, 0.4) is 0 Å². The number of nitrogens with two attached hydrogens (primary N) is 1. The Morgan fingerprint density at radius 1 is 1.32 bits per heavy atom. The summed E-state index contributed by atoms with van der Waals surface area (Å²) in [6, 6.07) is 4.02. The number of rotatable bonds is 2. The van der Waals surface area contributed by atoms with E-state index in [1.165, 1.54) is 4.57 Å². The summed E-state index contributed by atoms with van der Waals surface area (Å²) >= 11 is 9.48. The van der Waals surface area contributed by atoms with Crippen molar-refractivity contribution in [3.05, 3.63) is 48.9 Å². The highest BCUT2D eigenvalue weighted by atomic mass is 79.9. The van der Waals surface area contributed by atoms with Gasteiger partial charge in [0.05, 0.1) is 6.54 Å². The summed E-state index contributed by atoms with van der Waals surface area (Å²) < 4.78 is 2.52. The number of fused-ring (bicyclic) bond motifs is 1. The number of hydrogen-bond acceptors (Lipinski definition) is 4. The highest BCUT2D eigenvalue weighted by Crippen LogP contribution is 2.23. The second-order valence-electron chi connectivity index (χ2n) is 5.11. The fraction of sp³-hybridized carbons (Fsp3) is 0.214. The zero-order chi connectivity index (χ0) is 16.0. The lowest BCUT2D eigenvalue weighted by Crippen LogP contribution is -2.19. The third kappa shape index (κ3) is 2.50. The van der Waals surface area contributed by atoms with Gasteiger partial charge in [-0.15, -0.1) is 0 Å². The van der Waals surface area contributed by atoms with Crippen LogP contribution in [0, 0.1) is 13.8 Å². The summed E-state index contributed by atoms with van der Waals surface area (Å²) in [5.41, 5.74) is 9.37. The van der Waals surface area contributed by atoms with Gasteiger partial charge in [0, 0.05) is 4.47 Å². The van der Waals surface area contributed by atoms with Gasteiger partial charge in [-0.1, -0.05) is 27.5 Å². The van der Waals surface area contributed by atoms with Crippen molar-refractivity contribution in [3.8, 4) is 0 Å². The van der Waals surface area contributed by atoms with E-state index in [0.29, 0.717) is 17.7 Å². The first-order chi connectivity index (χ1) is 10.4. The standard InChI is InChI=1S/C14H13BrClN5O/c1-6-3-8(15)4-7(2)9(6)5-21-12-10(18-14(21)22)11(16)19-13(17)20-12/h3-4H,5H2,1-2H3,(H,18,22)(H2,17,19,20). The SMILES string of the molecule is Cc1cc(Br)cc(C)c1Cn1c(=O)[nH]c2c(Cl)nc(N)nc21. The zero-order valence-electron chi connectivity index (χ0n) is 11.9. The predicted octanol–water partition coefficient (Wildman–Crippen LogP) is 2.78. The number of H-pyrrole nitrogens is 1. The quantitative estimate of drug-likeness (QED) is 0.667. The highest BCUT2D eigenvalue weighted by Gasteiger charge is 2.15. The molecule has 0 saturated heterocycles. The maximum absolute atomic E-state index is 12.2. The molecule has 114 valence electrons. The number of aromatic nitrogens is 4. The number of hydrogen-bond donors (Lipinski definition) is 2. The van der Waals surface area contributed by atoms with E-state index in [2.05, 4.69) is 30.9 Å². The van der Waals surface area contributed by atoms with Crippen molar-refractivity contribution >= 4 is 44.6 Å². The third-order valence-corrected chi connectivity index (χ3v) is 4.30. The molecule has 0 spiro atoms. The van der Waals surface area contributed by atoms with Crippen molar-refractivity contribution in [3.63, 3.8) is 0 Å². The van der Waals surface area contributed by atoms with Crippen molar-refractivity contribution in [2.75, 3.05) is 5.73 Å². The number of aromatic amines is 1. The van der Waals surface area contributed by atoms with Gasteiger partial charge in [0.25, 0.3) is 0 Å². The van der Waals surface area contributed by atoms with Gasteiger partial charge in [-0.05, 0) is 42.7 Å². The molecule has 3 aromatic rings. The molecule has 6 nitrogen and oxygen atoms in total. The van der Waals surface area contributed by atoms with Gasteiger partial charge in [0.2, 0.25) is 5.95 Å². The number of nitrogens with zero attached hydrogens (tertiary/aromatic N) is 3. The van der Waals surface area contributed by atoms with Crippen LogP contribution < -0.4 is 11.4 Å². The second-order valence-corrected chi connectivity index (χ2v) is 6.38. The Hall–Kier alpha value is -1.86. The molecular weight excluding hydrogens is 370 g/mol. The van der Waals surface area contributed by atoms with Gasteiger partial charge >= 0.3 is 5.69 Å². The Balaban J connectivity index is 2.20. The summed E-state index contributed by atoms with van der Waals surface area (Å²) in [6.45, 7) is 4.39. The van der Waals surface area contributed by atoms with Gasteiger partial charge in [0.15, 0.2) is 10.8 Å². The van der Waals surface area contributed by atoms with Crippen LogP contribution in [0.1, 0.15) is 16.7 Å². The minimum absolute atomic E-state index is 0.0366. The maximum Gasteiger partial charge on any atom is 0.328 e. The molecule has 0 unspecified atom stereocenters. The van der Waals surface area contributed by atoms with Crippen molar-refractivity contribution < 1.29 is 0 Å². The minimum Gasteiger partial charge on any atom is -0.368 e. The average molecular weight is 383 g/mol. The fourth-order valence-electron chi connectivity index (χ4n) is 2.51. The molecule has 3 N–H and O–H groups in total. The molecule has 1 aromatic carbocycles. The molecule has 3 rings (SSSR count). The van der Waals surface area contributed by atoms with E-state index >= 15 is 0 Å². The lowest BCUT2D eigenvalue weighted by Gasteiger charge is -2.11. The molecule has 0 saturated carbocycles. The molecular formula is C14H13BrClN5O. The lowest BCUT2D eigenvalue weighted by molar-refractivity contribution is 0.768. The molecule has 0 bridgehead atoms. The molecule has 0 aliphatic rings. The Morgan fingerprint density at radius 3 is 2.59 bits per heavy atom. The molecule has 0 radical (unpaired) electrons. The van der Waals surface area contributed by atoms with Crippen LogP contribution in [0.5, 0.6) is 0 Å². The van der Waals surface area contributed by atoms with Crippen LogP contribution in [-0.4, -0.2) is 19.5 Å². The van der Waals surface area contributed by atoms with E-state index in [1.807, 2.05) is 26.0 Å². The van der Waals surface area contributed by atoms with Crippen LogP contribution >= 0.6 is 27.5 Å². The molecule has 8 heteroatoms. The molecule has 2 aromatic heterocycles. The number of halogens is 2. The summed E-state index contributed by atoms with van der Waals surface area (Å²) in [5, 5.41) is 0.141. The molecule has 0 amide bonds. The van der Waals surface area contributed by atoms with Crippen LogP contribution in [0.15, 0.2) is 21.4 Å². The van der Waals surface area contributed by atoms with E-state index in [4.69, 9.17) is 17.3 Å². The van der Waals surface area contributed by atoms with Gasteiger partial charge in [0.1, 0.15) is 5.52 Å². The normalized spacial score (nSPS) is 11.3. The van der Waals surface area contributed by atoms with Crippen molar-refractivity contribution in [2.45, 2.75) is 20.4 Å². The first-order valence-corrected chi connectivity index (χ1v) is 7.71. The monoisotopic (exact) mass is 381 g/mol. The topological polar surface area (TPSA) is 89.6 Å².